The third kappa shape index (κ3) is 1.93. The molecule has 1 atom stereocenters. The molecule has 0 bridgehead atoms. The summed E-state index contributed by atoms with van der Waals surface area (Å²) in [4.78, 5) is 10.3. The summed E-state index contributed by atoms with van der Waals surface area (Å²) >= 11 is 7.93. The lowest BCUT2D eigenvalue weighted by Gasteiger charge is -2.24. The second-order valence-electron chi connectivity index (χ2n) is 5.16. The molecule has 0 spiro atoms. The normalized spacial score (nSPS) is 18.1. The SMILES string of the molecule is Clc1nc(C2CCCc3ccccc32)nc2sccc12. The highest BCUT2D eigenvalue weighted by atomic mass is 35.5. The first kappa shape index (κ1) is 12.3. The molecule has 2 heterocycles. The van der Waals surface area contributed by atoms with Gasteiger partial charge in [0.15, 0.2) is 0 Å². The second kappa shape index (κ2) is 4.83. The van der Waals surface area contributed by atoms with Gasteiger partial charge in [0.1, 0.15) is 15.8 Å². The standard InChI is InChI=1S/C16H13ClN2S/c17-14-13-8-9-20-16(13)19-15(18-14)12-7-3-5-10-4-1-2-6-11(10)12/h1-2,4,6,8-9,12H,3,5,7H2. The molecule has 2 aromatic heterocycles. The number of aromatic nitrogens is 2. The van der Waals surface area contributed by atoms with E-state index in [-0.39, 0.29) is 5.92 Å². The Morgan fingerprint density at radius 2 is 2.05 bits per heavy atom. The van der Waals surface area contributed by atoms with Crippen molar-refractivity contribution in [3.8, 4) is 0 Å². The van der Waals surface area contributed by atoms with E-state index in [1.165, 1.54) is 17.5 Å². The first-order valence-corrected chi connectivity index (χ1v) is 8.07. The number of rotatable bonds is 1. The van der Waals surface area contributed by atoms with E-state index in [0.29, 0.717) is 5.15 Å². The van der Waals surface area contributed by atoms with Crippen molar-refractivity contribution in [2.45, 2.75) is 25.2 Å². The molecule has 0 amide bonds. The molecule has 3 aromatic rings. The predicted octanol–water partition coefficient (Wildman–Crippen LogP) is 4.81. The Bertz CT molecular complexity index is 781. The van der Waals surface area contributed by atoms with Crippen LogP contribution in [0.25, 0.3) is 10.2 Å². The first-order valence-electron chi connectivity index (χ1n) is 6.81. The number of hydrogen-bond acceptors (Lipinski definition) is 3. The van der Waals surface area contributed by atoms with Crippen molar-refractivity contribution in [1.29, 1.82) is 0 Å². The van der Waals surface area contributed by atoms with Crippen LogP contribution in [0.2, 0.25) is 5.15 Å². The minimum absolute atomic E-state index is 0.281. The van der Waals surface area contributed by atoms with Crippen molar-refractivity contribution >= 4 is 33.2 Å². The summed E-state index contributed by atoms with van der Waals surface area (Å²) < 4.78 is 0. The lowest BCUT2D eigenvalue weighted by molar-refractivity contribution is 0.592. The molecule has 1 aliphatic rings. The smallest absolute Gasteiger partial charge is 0.141 e. The molecule has 0 aliphatic heterocycles. The van der Waals surface area contributed by atoms with E-state index in [4.69, 9.17) is 16.6 Å². The van der Waals surface area contributed by atoms with E-state index < -0.39 is 0 Å². The van der Waals surface area contributed by atoms with Crippen LogP contribution in [-0.2, 0) is 6.42 Å². The van der Waals surface area contributed by atoms with Crippen LogP contribution >= 0.6 is 22.9 Å². The zero-order valence-electron chi connectivity index (χ0n) is 10.8. The van der Waals surface area contributed by atoms with Gasteiger partial charge in [0.05, 0.1) is 0 Å². The summed E-state index contributed by atoms with van der Waals surface area (Å²) in [5, 5.41) is 3.56. The maximum absolute atomic E-state index is 6.31. The van der Waals surface area contributed by atoms with Gasteiger partial charge in [-0.25, -0.2) is 9.97 Å². The highest BCUT2D eigenvalue weighted by molar-refractivity contribution is 7.16. The fourth-order valence-corrected chi connectivity index (χ4v) is 4.08. The fourth-order valence-electron chi connectivity index (χ4n) is 3.01. The van der Waals surface area contributed by atoms with Crippen LogP contribution in [0.15, 0.2) is 35.7 Å². The van der Waals surface area contributed by atoms with E-state index in [0.717, 1.165) is 28.9 Å². The van der Waals surface area contributed by atoms with Gasteiger partial charge < -0.3 is 0 Å². The molecule has 4 heteroatoms. The van der Waals surface area contributed by atoms with Crippen molar-refractivity contribution in [2.24, 2.45) is 0 Å². The van der Waals surface area contributed by atoms with Crippen molar-refractivity contribution in [2.75, 3.05) is 0 Å². The zero-order chi connectivity index (χ0) is 13.5. The summed E-state index contributed by atoms with van der Waals surface area (Å²) in [6, 6.07) is 10.6. The van der Waals surface area contributed by atoms with Crippen LogP contribution in [0.3, 0.4) is 0 Å². The van der Waals surface area contributed by atoms with Gasteiger partial charge >= 0.3 is 0 Å². The Labute approximate surface area is 126 Å². The van der Waals surface area contributed by atoms with Gasteiger partial charge in [0.25, 0.3) is 0 Å². The third-order valence-corrected chi connectivity index (χ3v) is 5.07. The molecule has 2 nitrogen and oxygen atoms in total. The van der Waals surface area contributed by atoms with Crippen LogP contribution < -0.4 is 0 Å². The monoisotopic (exact) mass is 300 g/mol. The molecule has 0 N–H and O–H groups in total. The number of aryl methyl sites for hydroxylation is 1. The van der Waals surface area contributed by atoms with Gasteiger partial charge in [0, 0.05) is 11.3 Å². The Hall–Kier alpha value is -1.45. The average molecular weight is 301 g/mol. The lowest BCUT2D eigenvalue weighted by atomic mass is 9.82. The summed E-state index contributed by atoms with van der Waals surface area (Å²) in [6.07, 6.45) is 3.44. The van der Waals surface area contributed by atoms with Gasteiger partial charge in [-0.1, -0.05) is 35.9 Å². The molecule has 0 saturated heterocycles. The maximum Gasteiger partial charge on any atom is 0.141 e. The second-order valence-corrected chi connectivity index (χ2v) is 6.41. The Morgan fingerprint density at radius 1 is 1.15 bits per heavy atom. The average Bonchev–Trinajstić information content (AvgIpc) is 2.95. The van der Waals surface area contributed by atoms with Crippen LogP contribution in [0, 0.1) is 0 Å². The number of halogens is 1. The molecule has 20 heavy (non-hydrogen) atoms. The molecule has 4 rings (SSSR count). The largest absolute Gasteiger partial charge is 0.221 e. The maximum atomic E-state index is 6.31. The summed E-state index contributed by atoms with van der Waals surface area (Å²) in [5.74, 6) is 1.15. The van der Waals surface area contributed by atoms with E-state index >= 15 is 0 Å². The van der Waals surface area contributed by atoms with E-state index in [1.54, 1.807) is 11.3 Å². The van der Waals surface area contributed by atoms with Crippen molar-refractivity contribution in [3.63, 3.8) is 0 Å². The van der Waals surface area contributed by atoms with Crippen molar-refractivity contribution < 1.29 is 0 Å². The van der Waals surface area contributed by atoms with Gasteiger partial charge in [-0.05, 0) is 41.8 Å². The molecule has 1 aromatic carbocycles. The van der Waals surface area contributed by atoms with Crippen LogP contribution in [-0.4, -0.2) is 9.97 Å². The van der Waals surface area contributed by atoms with Gasteiger partial charge in [-0.2, -0.15) is 0 Å². The van der Waals surface area contributed by atoms with Crippen LogP contribution in [0.1, 0.15) is 35.7 Å². The quantitative estimate of drug-likeness (QED) is 0.603. The van der Waals surface area contributed by atoms with Gasteiger partial charge in [-0.3, -0.25) is 0 Å². The number of nitrogens with zero attached hydrogens (tertiary/aromatic N) is 2. The number of thiophene rings is 1. The van der Waals surface area contributed by atoms with Gasteiger partial charge in [-0.15, -0.1) is 11.3 Å². The summed E-state index contributed by atoms with van der Waals surface area (Å²) in [7, 11) is 0. The highest BCUT2D eigenvalue weighted by Crippen LogP contribution is 2.36. The number of fused-ring (bicyclic) bond motifs is 2. The molecular weight excluding hydrogens is 288 g/mol. The minimum atomic E-state index is 0.281. The minimum Gasteiger partial charge on any atom is -0.221 e. The molecule has 0 radical (unpaired) electrons. The summed E-state index contributed by atoms with van der Waals surface area (Å²) in [6.45, 7) is 0. The van der Waals surface area contributed by atoms with E-state index in [2.05, 4.69) is 29.2 Å². The lowest BCUT2D eigenvalue weighted by Crippen LogP contribution is -2.13. The van der Waals surface area contributed by atoms with E-state index in [1.807, 2.05) is 11.4 Å². The molecule has 0 fully saturated rings. The predicted molar refractivity (Wildman–Crippen MR) is 83.6 cm³/mol. The Kier molecular flexibility index (Phi) is 2.97. The highest BCUT2D eigenvalue weighted by Gasteiger charge is 2.24. The topological polar surface area (TPSA) is 25.8 Å². The third-order valence-electron chi connectivity index (χ3n) is 3.98. The molecule has 100 valence electrons. The van der Waals surface area contributed by atoms with Gasteiger partial charge in [0.2, 0.25) is 0 Å². The number of benzene rings is 1. The van der Waals surface area contributed by atoms with E-state index in [9.17, 15) is 0 Å². The first-order chi connectivity index (χ1) is 9.83. The fraction of sp³-hybridized carbons (Fsp3) is 0.250. The molecular formula is C16H13ClN2S. The Balaban J connectivity index is 1.87. The van der Waals surface area contributed by atoms with Crippen LogP contribution in [0.4, 0.5) is 0 Å². The van der Waals surface area contributed by atoms with Crippen molar-refractivity contribution in [3.05, 3.63) is 57.8 Å². The molecule has 1 unspecified atom stereocenters. The Morgan fingerprint density at radius 3 is 3.00 bits per heavy atom. The molecule has 1 aliphatic carbocycles. The summed E-state index contributed by atoms with van der Waals surface area (Å²) in [5.41, 5.74) is 2.79. The van der Waals surface area contributed by atoms with Crippen LogP contribution in [0.5, 0.6) is 0 Å². The van der Waals surface area contributed by atoms with Crippen molar-refractivity contribution in [1.82, 2.24) is 9.97 Å². The zero-order valence-corrected chi connectivity index (χ0v) is 12.4. The molecule has 0 saturated carbocycles. The number of hydrogen-bond donors (Lipinski definition) is 0.